The van der Waals surface area contributed by atoms with Gasteiger partial charge in [-0.1, -0.05) is 6.08 Å². The van der Waals surface area contributed by atoms with Crippen molar-refractivity contribution in [3.8, 4) is 11.8 Å². The van der Waals surface area contributed by atoms with Crippen molar-refractivity contribution in [1.82, 2.24) is 0 Å². The molecule has 1 aromatic carbocycles. The summed E-state index contributed by atoms with van der Waals surface area (Å²) in [5.74, 6) is -0.240. The van der Waals surface area contributed by atoms with Gasteiger partial charge in [-0.15, -0.1) is 0 Å². The van der Waals surface area contributed by atoms with E-state index in [1.54, 1.807) is 0 Å². The monoisotopic (exact) mass is 323 g/mol. The van der Waals surface area contributed by atoms with Gasteiger partial charge in [0.05, 0.1) is 17.6 Å². The molecule has 1 aliphatic carbocycles. The van der Waals surface area contributed by atoms with E-state index in [2.05, 4.69) is 0 Å². The van der Waals surface area contributed by atoms with Crippen molar-refractivity contribution < 1.29 is 22.7 Å². The first kappa shape index (κ1) is 17.1. The number of ether oxygens (including phenoxy) is 1. The van der Waals surface area contributed by atoms with Crippen LogP contribution in [-0.2, 0) is 11.0 Å². The highest BCUT2D eigenvalue weighted by Gasteiger charge is 2.30. The molecule has 1 aromatic rings. The van der Waals surface area contributed by atoms with E-state index in [4.69, 9.17) is 10.00 Å². The van der Waals surface area contributed by atoms with Crippen molar-refractivity contribution in [3.05, 3.63) is 42.0 Å². The number of hydrogen-bond acceptors (Lipinski definition) is 3. The molecular formula is C17H16F3NO2. The van der Waals surface area contributed by atoms with Crippen LogP contribution in [0.1, 0.15) is 31.2 Å². The topological polar surface area (TPSA) is 50.1 Å². The predicted molar refractivity (Wildman–Crippen MR) is 77.3 cm³/mol. The number of halogens is 3. The van der Waals surface area contributed by atoms with Crippen LogP contribution in [0, 0.1) is 23.2 Å². The zero-order valence-corrected chi connectivity index (χ0v) is 12.3. The fourth-order valence-electron chi connectivity index (χ4n) is 2.64. The molecule has 23 heavy (non-hydrogen) atoms. The van der Waals surface area contributed by atoms with Crippen molar-refractivity contribution in [2.24, 2.45) is 11.8 Å². The van der Waals surface area contributed by atoms with Crippen LogP contribution >= 0.6 is 0 Å². The van der Waals surface area contributed by atoms with Crippen LogP contribution in [0.25, 0.3) is 0 Å². The van der Waals surface area contributed by atoms with Crippen LogP contribution in [0.15, 0.2) is 36.4 Å². The summed E-state index contributed by atoms with van der Waals surface area (Å²) < 4.78 is 42.6. The van der Waals surface area contributed by atoms with Gasteiger partial charge in [0.25, 0.3) is 0 Å². The number of carbonyl (C=O) groups is 1. The Balaban J connectivity index is 1.88. The standard InChI is InChI=1S/C17H16F3NO2/c18-17(19,20)14-7-9-15(10-8-14)23-16(22)13-5-3-12(4-6-13)2-1-11-21/h1-2,7-10,12-13H,3-6H2/b2-1+. The number of alkyl halides is 3. The molecule has 0 atom stereocenters. The number of nitriles is 1. The number of carbonyl (C=O) groups excluding carboxylic acids is 1. The minimum atomic E-state index is -4.40. The number of nitrogens with zero attached hydrogens (tertiary/aromatic N) is 1. The Bertz CT molecular complexity index is 606. The number of allylic oxidation sites excluding steroid dienone is 2. The van der Waals surface area contributed by atoms with Crippen molar-refractivity contribution in [2.45, 2.75) is 31.9 Å². The van der Waals surface area contributed by atoms with E-state index in [0.29, 0.717) is 18.8 Å². The van der Waals surface area contributed by atoms with E-state index in [9.17, 15) is 18.0 Å². The summed E-state index contributed by atoms with van der Waals surface area (Å²) >= 11 is 0. The summed E-state index contributed by atoms with van der Waals surface area (Å²) in [4.78, 5) is 12.1. The van der Waals surface area contributed by atoms with Crippen LogP contribution in [0.4, 0.5) is 13.2 Å². The van der Waals surface area contributed by atoms with E-state index < -0.39 is 17.7 Å². The third kappa shape index (κ3) is 4.85. The highest BCUT2D eigenvalue weighted by molar-refractivity contribution is 5.75. The molecule has 0 N–H and O–H groups in total. The summed E-state index contributed by atoms with van der Waals surface area (Å²) in [6.07, 6.45) is 1.79. The van der Waals surface area contributed by atoms with Crippen LogP contribution in [0.3, 0.4) is 0 Å². The van der Waals surface area contributed by atoms with Crippen molar-refractivity contribution in [2.75, 3.05) is 0 Å². The number of hydrogen-bond donors (Lipinski definition) is 0. The largest absolute Gasteiger partial charge is 0.426 e. The second-order valence-electron chi connectivity index (χ2n) is 5.54. The van der Waals surface area contributed by atoms with Crippen LogP contribution < -0.4 is 4.74 Å². The molecule has 0 radical (unpaired) electrons. The molecule has 2 rings (SSSR count). The Morgan fingerprint density at radius 3 is 2.30 bits per heavy atom. The molecule has 0 unspecified atom stereocenters. The molecule has 1 fully saturated rings. The first-order valence-corrected chi connectivity index (χ1v) is 7.35. The fourth-order valence-corrected chi connectivity index (χ4v) is 2.64. The van der Waals surface area contributed by atoms with E-state index in [0.717, 1.165) is 37.1 Å². The lowest BCUT2D eigenvalue weighted by atomic mass is 9.82. The zero-order valence-electron chi connectivity index (χ0n) is 12.3. The van der Waals surface area contributed by atoms with E-state index in [1.807, 2.05) is 12.1 Å². The van der Waals surface area contributed by atoms with Gasteiger partial charge in [0.1, 0.15) is 5.75 Å². The lowest BCUT2D eigenvalue weighted by Crippen LogP contribution is -2.25. The van der Waals surface area contributed by atoms with E-state index in [1.165, 1.54) is 6.08 Å². The lowest BCUT2D eigenvalue weighted by molar-refractivity contribution is -0.140. The van der Waals surface area contributed by atoms with E-state index >= 15 is 0 Å². The summed E-state index contributed by atoms with van der Waals surface area (Å²) in [6, 6.07) is 6.04. The smallest absolute Gasteiger partial charge is 0.416 e. The second kappa shape index (κ2) is 7.32. The minimum absolute atomic E-state index is 0.120. The Labute approximate surface area is 132 Å². The molecule has 0 spiro atoms. The maximum absolute atomic E-state index is 12.5. The van der Waals surface area contributed by atoms with Crippen molar-refractivity contribution in [1.29, 1.82) is 5.26 Å². The van der Waals surface area contributed by atoms with E-state index in [-0.39, 0.29) is 11.7 Å². The number of rotatable bonds is 3. The second-order valence-corrected chi connectivity index (χ2v) is 5.54. The fraction of sp³-hybridized carbons (Fsp3) is 0.412. The molecule has 0 aliphatic heterocycles. The van der Waals surface area contributed by atoms with Gasteiger partial charge < -0.3 is 4.74 Å². The van der Waals surface area contributed by atoms with Gasteiger partial charge in [-0.05, 0) is 55.9 Å². The Hall–Kier alpha value is -2.29. The molecule has 1 aliphatic rings. The van der Waals surface area contributed by atoms with Crippen LogP contribution in [0.2, 0.25) is 0 Å². The van der Waals surface area contributed by atoms with Gasteiger partial charge in [-0.2, -0.15) is 18.4 Å². The highest BCUT2D eigenvalue weighted by Crippen LogP contribution is 2.32. The lowest BCUT2D eigenvalue weighted by Gasteiger charge is -2.25. The first-order valence-electron chi connectivity index (χ1n) is 7.35. The summed E-state index contributed by atoms with van der Waals surface area (Å²) in [5, 5.41) is 8.49. The molecule has 1 saturated carbocycles. The zero-order chi connectivity index (χ0) is 16.9. The average Bonchev–Trinajstić information content (AvgIpc) is 2.53. The van der Waals surface area contributed by atoms with Crippen molar-refractivity contribution in [3.63, 3.8) is 0 Å². The van der Waals surface area contributed by atoms with Crippen LogP contribution in [0.5, 0.6) is 5.75 Å². The molecule has 6 heteroatoms. The molecule has 0 amide bonds. The Kier molecular flexibility index (Phi) is 5.43. The molecule has 0 bridgehead atoms. The van der Waals surface area contributed by atoms with Gasteiger partial charge >= 0.3 is 12.1 Å². The predicted octanol–water partition coefficient (Wildman–Crippen LogP) is 4.50. The molecular weight excluding hydrogens is 307 g/mol. The quantitative estimate of drug-likeness (QED) is 0.467. The maximum atomic E-state index is 12.5. The minimum Gasteiger partial charge on any atom is -0.426 e. The van der Waals surface area contributed by atoms with Gasteiger partial charge in [0.2, 0.25) is 0 Å². The third-order valence-corrected chi connectivity index (χ3v) is 3.95. The molecule has 0 aromatic heterocycles. The highest BCUT2D eigenvalue weighted by atomic mass is 19.4. The number of benzene rings is 1. The Morgan fingerprint density at radius 1 is 1.17 bits per heavy atom. The summed E-state index contributed by atoms with van der Waals surface area (Å²) in [5.41, 5.74) is -0.776. The molecule has 3 nitrogen and oxygen atoms in total. The van der Waals surface area contributed by atoms with Gasteiger partial charge in [0.15, 0.2) is 0 Å². The SMILES string of the molecule is N#C/C=C/C1CCC(C(=O)Oc2ccc(C(F)(F)F)cc2)CC1. The van der Waals surface area contributed by atoms with Crippen molar-refractivity contribution >= 4 is 5.97 Å². The summed E-state index contributed by atoms with van der Waals surface area (Å²) in [6.45, 7) is 0. The third-order valence-electron chi connectivity index (χ3n) is 3.95. The summed E-state index contributed by atoms with van der Waals surface area (Å²) in [7, 11) is 0. The number of esters is 1. The van der Waals surface area contributed by atoms with Gasteiger partial charge in [-0.3, -0.25) is 4.79 Å². The molecule has 122 valence electrons. The first-order chi connectivity index (χ1) is 10.9. The van der Waals surface area contributed by atoms with Gasteiger partial charge in [0, 0.05) is 6.08 Å². The molecule has 0 saturated heterocycles. The normalized spacial score (nSPS) is 21.8. The molecule has 0 heterocycles. The Morgan fingerprint density at radius 2 is 1.78 bits per heavy atom. The average molecular weight is 323 g/mol. The van der Waals surface area contributed by atoms with Crippen LogP contribution in [-0.4, -0.2) is 5.97 Å². The van der Waals surface area contributed by atoms with Gasteiger partial charge in [-0.25, -0.2) is 0 Å². The maximum Gasteiger partial charge on any atom is 0.416 e.